The highest BCUT2D eigenvalue weighted by Gasteiger charge is 2.39. The minimum Gasteiger partial charge on any atom is -0.481 e. The summed E-state index contributed by atoms with van der Waals surface area (Å²) >= 11 is 0. The number of carbonyl (C=O) groups excluding carboxylic acids is 3. The fraction of sp³-hybridized carbons (Fsp3) is 0.182. The number of nitrogens with one attached hydrogen (secondary N) is 1. The first kappa shape index (κ1) is 20.8. The monoisotopic (exact) mass is 407 g/mol. The Balaban J connectivity index is 2.00. The zero-order chi connectivity index (χ0) is 21.7. The van der Waals surface area contributed by atoms with Crippen molar-refractivity contribution < 1.29 is 24.3 Å². The number of carboxylic acids is 1. The van der Waals surface area contributed by atoms with Crippen molar-refractivity contribution in [3.05, 3.63) is 66.9 Å². The minimum atomic E-state index is -1.38. The molecule has 3 rings (SSSR count). The summed E-state index contributed by atoms with van der Waals surface area (Å²) in [6, 6.07) is 14.3. The predicted octanol–water partition coefficient (Wildman–Crippen LogP) is 2.27. The van der Waals surface area contributed by atoms with Gasteiger partial charge in [-0.25, -0.2) is 4.79 Å². The smallest absolute Gasteiger partial charge is 0.323 e. The van der Waals surface area contributed by atoms with E-state index in [1.165, 1.54) is 24.2 Å². The van der Waals surface area contributed by atoms with E-state index in [1.807, 2.05) is 36.4 Å². The van der Waals surface area contributed by atoms with Crippen LogP contribution < -0.4 is 10.2 Å². The fourth-order valence-electron chi connectivity index (χ4n) is 3.11. The molecule has 0 aliphatic carbocycles. The third-order valence-corrected chi connectivity index (χ3v) is 4.64. The lowest BCUT2D eigenvalue weighted by molar-refractivity contribution is -0.137. The van der Waals surface area contributed by atoms with Crippen LogP contribution in [0.2, 0.25) is 0 Å². The number of hydrogen-bond acceptors (Lipinski definition) is 4. The molecule has 1 aliphatic heterocycles. The number of carbonyl (C=O) groups is 4. The van der Waals surface area contributed by atoms with Gasteiger partial charge in [0.25, 0.3) is 5.91 Å². The Kier molecular flexibility index (Phi) is 6.26. The Bertz CT molecular complexity index is 1000. The summed E-state index contributed by atoms with van der Waals surface area (Å²) in [6.07, 6.45) is 2.31. The predicted molar refractivity (Wildman–Crippen MR) is 111 cm³/mol. The van der Waals surface area contributed by atoms with Gasteiger partial charge in [0, 0.05) is 31.6 Å². The zero-order valence-electron chi connectivity index (χ0n) is 16.3. The molecule has 1 heterocycles. The van der Waals surface area contributed by atoms with Crippen molar-refractivity contribution >= 4 is 29.4 Å². The van der Waals surface area contributed by atoms with E-state index in [2.05, 4.69) is 5.32 Å². The largest absolute Gasteiger partial charge is 0.481 e. The van der Waals surface area contributed by atoms with Gasteiger partial charge in [0.05, 0.1) is 6.42 Å². The Hall–Kier alpha value is -3.94. The van der Waals surface area contributed by atoms with Crippen molar-refractivity contribution in [1.29, 1.82) is 0 Å². The Morgan fingerprint density at radius 1 is 1.07 bits per heavy atom. The molecule has 0 radical (unpaired) electrons. The summed E-state index contributed by atoms with van der Waals surface area (Å²) in [4.78, 5) is 51.3. The molecule has 2 aromatic rings. The van der Waals surface area contributed by atoms with Gasteiger partial charge in [0.1, 0.15) is 0 Å². The van der Waals surface area contributed by atoms with E-state index in [1.54, 1.807) is 18.2 Å². The molecule has 0 fully saturated rings. The van der Waals surface area contributed by atoms with Gasteiger partial charge in [0.2, 0.25) is 0 Å². The molecular weight excluding hydrogens is 386 g/mol. The molecule has 1 aliphatic rings. The number of aliphatic carboxylic acids is 1. The second-order valence-electron chi connectivity index (χ2n) is 6.73. The van der Waals surface area contributed by atoms with Crippen LogP contribution in [0.1, 0.15) is 6.42 Å². The number of likely N-dealkylation sites (N-methyl/N-ethyl adjacent to an activating group) is 1. The number of benzene rings is 2. The van der Waals surface area contributed by atoms with Crippen molar-refractivity contribution in [1.82, 2.24) is 10.2 Å². The number of amides is 3. The molecule has 3 amide bonds. The van der Waals surface area contributed by atoms with Crippen molar-refractivity contribution in [3.8, 4) is 11.1 Å². The lowest BCUT2D eigenvalue weighted by atomic mass is 10.0. The van der Waals surface area contributed by atoms with Crippen LogP contribution in [0.4, 0.5) is 10.5 Å². The van der Waals surface area contributed by atoms with Crippen LogP contribution in [0, 0.1) is 0 Å². The van der Waals surface area contributed by atoms with E-state index in [4.69, 9.17) is 5.11 Å². The third-order valence-electron chi connectivity index (χ3n) is 4.64. The Morgan fingerprint density at radius 2 is 1.77 bits per heavy atom. The van der Waals surface area contributed by atoms with Gasteiger partial charge in [-0.15, -0.1) is 0 Å². The van der Waals surface area contributed by atoms with Crippen LogP contribution in [0.25, 0.3) is 11.1 Å². The van der Waals surface area contributed by atoms with E-state index in [0.29, 0.717) is 5.69 Å². The van der Waals surface area contributed by atoms with E-state index in [0.717, 1.165) is 16.0 Å². The summed E-state index contributed by atoms with van der Waals surface area (Å²) in [5.41, 5.74) is 2.06. The van der Waals surface area contributed by atoms with Crippen LogP contribution in [0.15, 0.2) is 66.9 Å². The number of hydrogen-bond donors (Lipinski definition) is 2. The molecule has 0 saturated carbocycles. The molecule has 0 saturated heterocycles. The highest BCUT2D eigenvalue weighted by Crippen LogP contribution is 2.27. The molecule has 0 bridgehead atoms. The van der Waals surface area contributed by atoms with Gasteiger partial charge >= 0.3 is 12.0 Å². The van der Waals surface area contributed by atoms with E-state index in [9.17, 15) is 19.2 Å². The second-order valence-corrected chi connectivity index (χ2v) is 6.73. The molecule has 8 heteroatoms. The molecule has 0 unspecified atom stereocenters. The molecule has 1 atom stereocenters. The zero-order valence-corrected chi connectivity index (χ0v) is 16.3. The van der Waals surface area contributed by atoms with Crippen LogP contribution >= 0.6 is 0 Å². The standard InChI is InChI=1S/C22H21N3O5/c1-24-13-11-18(26)20(21(24)29)25(22(30)23-12-10-19(27)28)17-9-5-8-16(14-17)15-6-3-2-4-7-15/h2-9,11,13-14,20H,10,12H2,1H3,(H,23,30)(H,27,28)/t20-/m0/s1. The summed E-state index contributed by atoms with van der Waals surface area (Å²) in [5.74, 6) is -2.15. The average Bonchev–Trinajstić information content (AvgIpc) is 2.74. The third kappa shape index (κ3) is 4.54. The first-order valence-corrected chi connectivity index (χ1v) is 9.31. The number of carboxylic acid groups (broad SMARTS) is 1. The van der Waals surface area contributed by atoms with Crippen molar-refractivity contribution in [3.63, 3.8) is 0 Å². The van der Waals surface area contributed by atoms with E-state index in [-0.39, 0.29) is 13.0 Å². The quantitative estimate of drug-likeness (QED) is 0.715. The molecule has 30 heavy (non-hydrogen) atoms. The minimum absolute atomic E-state index is 0.135. The van der Waals surface area contributed by atoms with Gasteiger partial charge in [-0.3, -0.25) is 19.3 Å². The molecular formula is C22H21N3O5. The maximum atomic E-state index is 12.9. The van der Waals surface area contributed by atoms with Crippen molar-refractivity contribution in [2.45, 2.75) is 12.5 Å². The molecule has 2 N–H and O–H groups in total. The maximum absolute atomic E-state index is 12.9. The number of rotatable bonds is 6. The molecule has 0 aromatic heterocycles. The Morgan fingerprint density at radius 3 is 2.47 bits per heavy atom. The summed E-state index contributed by atoms with van der Waals surface area (Å²) in [5, 5.41) is 11.3. The lowest BCUT2D eigenvalue weighted by Gasteiger charge is -2.33. The second kappa shape index (κ2) is 9.04. The molecule has 154 valence electrons. The SMILES string of the molecule is CN1C=CC(=O)[C@H](N(C(=O)NCCC(=O)O)c2cccc(-c3ccccc3)c2)C1=O. The van der Waals surface area contributed by atoms with Crippen molar-refractivity contribution in [2.24, 2.45) is 0 Å². The summed E-state index contributed by atoms with van der Waals surface area (Å²) in [6.45, 7) is -0.135. The molecule has 0 spiro atoms. The summed E-state index contributed by atoms with van der Waals surface area (Å²) < 4.78 is 0. The lowest BCUT2D eigenvalue weighted by Crippen LogP contribution is -2.57. The van der Waals surface area contributed by atoms with Crippen LogP contribution in [0.5, 0.6) is 0 Å². The van der Waals surface area contributed by atoms with Gasteiger partial charge in [-0.2, -0.15) is 0 Å². The first-order valence-electron chi connectivity index (χ1n) is 9.31. The summed E-state index contributed by atoms with van der Waals surface area (Å²) in [7, 11) is 1.50. The average molecular weight is 407 g/mol. The van der Waals surface area contributed by atoms with Gasteiger partial charge < -0.3 is 15.3 Å². The van der Waals surface area contributed by atoms with Crippen LogP contribution in [0.3, 0.4) is 0 Å². The molecule has 8 nitrogen and oxygen atoms in total. The molecule has 2 aromatic carbocycles. The number of anilines is 1. The number of urea groups is 1. The van der Waals surface area contributed by atoms with Crippen LogP contribution in [-0.2, 0) is 14.4 Å². The number of ketones is 1. The number of nitrogens with zero attached hydrogens (tertiary/aromatic N) is 2. The topological polar surface area (TPSA) is 107 Å². The van der Waals surface area contributed by atoms with Gasteiger partial charge in [-0.1, -0.05) is 42.5 Å². The maximum Gasteiger partial charge on any atom is 0.323 e. The Labute approximate surface area is 173 Å². The van der Waals surface area contributed by atoms with Crippen LogP contribution in [-0.4, -0.2) is 53.3 Å². The van der Waals surface area contributed by atoms with E-state index < -0.39 is 29.7 Å². The van der Waals surface area contributed by atoms with E-state index >= 15 is 0 Å². The van der Waals surface area contributed by atoms with Gasteiger partial charge in [0.15, 0.2) is 11.8 Å². The first-order chi connectivity index (χ1) is 14.4. The normalized spacial score (nSPS) is 15.8. The van der Waals surface area contributed by atoms with Gasteiger partial charge in [-0.05, 0) is 23.3 Å². The van der Waals surface area contributed by atoms with Crippen molar-refractivity contribution in [2.75, 3.05) is 18.5 Å². The fourth-order valence-corrected chi connectivity index (χ4v) is 3.11. The highest BCUT2D eigenvalue weighted by atomic mass is 16.4. The highest BCUT2D eigenvalue weighted by molar-refractivity contribution is 6.19.